The molecule has 2 atom stereocenters. The lowest BCUT2D eigenvalue weighted by molar-refractivity contribution is 0.0209. The largest absolute Gasteiger partial charge is 0.444 e. The third-order valence-electron chi connectivity index (χ3n) is 4.02. The zero-order valence-corrected chi connectivity index (χ0v) is 13.9. The van der Waals surface area contributed by atoms with Crippen LogP contribution in [0.4, 0.5) is 10.6 Å². The number of fused-ring (bicyclic) bond motifs is 2. The minimum Gasteiger partial charge on any atom is -0.444 e. The first-order chi connectivity index (χ1) is 10.3. The number of carbonyl (C=O) groups excluding carboxylic acids is 1. The molecule has 3 rings (SSSR count). The first-order valence-electron chi connectivity index (χ1n) is 7.59. The van der Waals surface area contributed by atoms with Crippen LogP contribution in [0, 0.1) is 0 Å². The Balaban J connectivity index is 1.71. The van der Waals surface area contributed by atoms with Crippen molar-refractivity contribution in [2.45, 2.75) is 51.3 Å². The third kappa shape index (κ3) is 3.11. The number of carbonyl (C=O) groups is 1. The summed E-state index contributed by atoms with van der Waals surface area (Å²) in [6.07, 6.45) is 1.87. The SMILES string of the molecule is CC(C)(C)OC(=O)N1C[C@H]2CC[C@@H](C1)N2c1ccc(Cl)nn1. The van der Waals surface area contributed by atoms with Crippen LogP contribution in [0.3, 0.4) is 0 Å². The van der Waals surface area contributed by atoms with E-state index in [1.165, 1.54) is 0 Å². The van der Waals surface area contributed by atoms with Crippen LogP contribution in [-0.4, -0.2) is 52.0 Å². The number of amides is 1. The van der Waals surface area contributed by atoms with Gasteiger partial charge in [-0.25, -0.2) is 4.79 Å². The van der Waals surface area contributed by atoms with Gasteiger partial charge in [-0.2, -0.15) is 0 Å². The number of likely N-dealkylation sites (tertiary alicyclic amines) is 1. The van der Waals surface area contributed by atoms with Gasteiger partial charge in [0.15, 0.2) is 11.0 Å². The molecule has 2 fully saturated rings. The molecule has 0 aromatic carbocycles. The van der Waals surface area contributed by atoms with Gasteiger partial charge in [0, 0.05) is 25.2 Å². The van der Waals surface area contributed by atoms with E-state index in [0.717, 1.165) is 18.7 Å². The number of ether oxygens (including phenoxy) is 1. The lowest BCUT2D eigenvalue weighted by Gasteiger charge is -2.41. The third-order valence-corrected chi connectivity index (χ3v) is 4.22. The van der Waals surface area contributed by atoms with Gasteiger partial charge < -0.3 is 14.5 Å². The highest BCUT2D eigenvalue weighted by molar-refractivity contribution is 6.29. The summed E-state index contributed by atoms with van der Waals surface area (Å²) in [4.78, 5) is 16.3. The quantitative estimate of drug-likeness (QED) is 0.795. The van der Waals surface area contributed by atoms with Gasteiger partial charge in [0.05, 0.1) is 0 Å². The minimum atomic E-state index is -0.463. The predicted octanol–water partition coefficient (Wildman–Crippen LogP) is 2.72. The molecule has 7 heteroatoms. The Morgan fingerprint density at radius 2 is 1.86 bits per heavy atom. The summed E-state index contributed by atoms with van der Waals surface area (Å²) >= 11 is 5.80. The average molecular weight is 325 g/mol. The van der Waals surface area contributed by atoms with Crippen LogP contribution in [0.25, 0.3) is 0 Å². The number of rotatable bonds is 1. The monoisotopic (exact) mass is 324 g/mol. The Morgan fingerprint density at radius 1 is 1.23 bits per heavy atom. The predicted molar refractivity (Wildman–Crippen MR) is 84.1 cm³/mol. The molecule has 22 heavy (non-hydrogen) atoms. The van der Waals surface area contributed by atoms with Crippen LogP contribution in [0.15, 0.2) is 12.1 Å². The van der Waals surface area contributed by atoms with Crippen LogP contribution in [0.1, 0.15) is 33.6 Å². The Morgan fingerprint density at radius 3 is 2.36 bits per heavy atom. The number of hydrogen-bond donors (Lipinski definition) is 0. The maximum Gasteiger partial charge on any atom is 0.410 e. The fraction of sp³-hybridized carbons (Fsp3) is 0.667. The standard InChI is InChI=1S/C15H21ClN4O2/c1-15(2,3)22-14(21)19-8-10-4-5-11(9-19)20(10)13-7-6-12(16)17-18-13/h6-7,10-11H,4-5,8-9H2,1-3H3/t10-,11+. The van der Waals surface area contributed by atoms with Crippen LogP contribution in [0.2, 0.25) is 5.15 Å². The van der Waals surface area contributed by atoms with Crippen molar-refractivity contribution in [2.24, 2.45) is 0 Å². The van der Waals surface area contributed by atoms with Crippen molar-refractivity contribution in [3.05, 3.63) is 17.3 Å². The average Bonchev–Trinajstić information content (AvgIpc) is 2.68. The molecule has 2 aliphatic rings. The van der Waals surface area contributed by atoms with Gasteiger partial charge in [0.1, 0.15) is 5.60 Å². The molecular weight excluding hydrogens is 304 g/mol. The molecular formula is C15H21ClN4O2. The van der Waals surface area contributed by atoms with E-state index >= 15 is 0 Å². The van der Waals surface area contributed by atoms with E-state index in [4.69, 9.17) is 16.3 Å². The zero-order valence-electron chi connectivity index (χ0n) is 13.1. The number of hydrogen-bond acceptors (Lipinski definition) is 5. The number of anilines is 1. The summed E-state index contributed by atoms with van der Waals surface area (Å²) in [7, 11) is 0. The molecule has 2 bridgehead atoms. The summed E-state index contributed by atoms with van der Waals surface area (Å²) in [5.74, 6) is 0.834. The summed E-state index contributed by atoms with van der Waals surface area (Å²) in [5, 5.41) is 8.50. The van der Waals surface area contributed by atoms with Crippen LogP contribution < -0.4 is 4.90 Å². The van der Waals surface area contributed by atoms with Crippen LogP contribution in [0.5, 0.6) is 0 Å². The second kappa shape index (κ2) is 5.57. The Hall–Kier alpha value is -1.56. The normalized spacial score (nSPS) is 24.5. The Bertz CT molecular complexity index is 544. The van der Waals surface area contributed by atoms with Crippen molar-refractivity contribution in [1.29, 1.82) is 0 Å². The van der Waals surface area contributed by atoms with Gasteiger partial charge in [-0.05, 0) is 45.7 Å². The lowest BCUT2D eigenvalue weighted by atomic mass is 10.2. The van der Waals surface area contributed by atoms with Crippen molar-refractivity contribution in [2.75, 3.05) is 18.0 Å². The Kier molecular flexibility index (Phi) is 3.89. The van der Waals surface area contributed by atoms with E-state index in [-0.39, 0.29) is 18.2 Å². The van der Waals surface area contributed by atoms with Crippen molar-refractivity contribution < 1.29 is 9.53 Å². The van der Waals surface area contributed by atoms with Gasteiger partial charge in [0.25, 0.3) is 0 Å². The van der Waals surface area contributed by atoms with Crippen molar-refractivity contribution in [3.63, 3.8) is 0 Å². The first-order valence-corrected chi connectivity index (χ1v) is 7.97. The van der Waals surface area contributed by atoms with Crippen molar-refractivity contribution >= 4 is 23.5 Å². The van der Waals surface area contributed by atoms with Crippen LogP contribution in [-0.2, 0) is 4.74 Å². The van der Waals surface area contributed by atoms with Gasteiger partial charge in [-0.1, -0.05) is 11.6 Å². The summed E-state index contributed by atoms with van der Waals surface area (Å²) in [6, 6.07) is 4.18. The van der Waals surface area contributed by atoms with Gasteiger partial charge in [-0.15, -0.1) is 10.2 Å². The van der Waals surface area contributed by atoms with E-state index < -0.39 is 5.60 Å². The highest BCUT2D eigenvalue weighted by Crippen LogP contribution is 2.34. The smallest absolute Gasteiger partial charge is 0.410 e. The van der Waals surface area contributed by atoms with E-state index in [1.807, 2.05) is 31.7 Å². The fourth-order valence-electron chi connectivity index (χ4n) is 3.20. The van der Waals surface area contributed by atoms with Gasteiger partial charge in [0.2, 0.25) is 0 Å². The molecule has 0 unspecified atom stereocenters. The molecule has 120 valence electrons. The van der Waals surface area contributed by atoms with E-state index in [9.17, 15) is 4.79 Å². The van der Waals surface area contributed by atoms with E-state index in [0.29, 0.717) is 18.2 Å². The molecule has 1 aromatic heterocycles. The maximum atomic E-state index is 12.3. The van der Waals surface area contributed by atoms with E-state index in [1.54, 1.807) is 6.07 Å². The minimum absolute atomic E-state index is 0.230. The van der Waals surface area contributed by atoms with Crippen molar-refractivity contribution in [1.82, 2.24) is 15.1 Å². The molecule has 0 aliphatic carbocycles. The van der Waals surface area contributed by atoms with Gasteiger partial charge >= 0.3 is 6.09 Å². The molecule has 0 saturated carbocycles. The number of nitrogens with zero attached hydrogens (tertiary/aromatic N) is 4. The molecule has 0 N–H and O–H groups in total. The Labute approximate surface area is 135 Å². The van der Waals surface area contributed by atoms with Crippen molar-refractivity contribution in [3.8, 4) is 0 Å². The molecule has 2 aliphatic heterocycles. The maximum absolute atomic E-state index is 12.3. The summed E-state index contributed by atoms with van der Waals surface area (Å²) in [6.45, 7) is 6.99. The lowest BCUT2D eigenvalue weighted by Crippen LogP contribution is -2.56. The zero-order chi connectivity index (χ0) is 15.9. The van der Waals surface area contributed by atoms with Gasteiger partial charge in [-0.3, -0.25) is 0 Å². The molecule has 3 heterocycles. The van der Waals surface area contributed by atoms with E-state index in [2.05, 4.69) is 15.1 Å². The number of piperazine rings is 1. The highest BCUT2D eigenvalue weighted by Gasteiger charge is 2.43. The molecule has 0 radical (unpaired) electrons. The molecule has 0 spiro atoms. The van der Waals surface area contributed by atoms with Crippen LogP contribution >= 0.6 is 11.6 Å². The molecule has 1 aromatic rings. The molecule has 6 nitrogen and oxygen atoms in total. The first kappa shape index (κ1) is 15.3. The molecule has 1 amide bonds. The highest BCUT2D eigenvalue weighted by atomic mass is 35.5. The topological polar surface area (TPSA) is 58.6 Å². The summed E-state index contributed by atoms with van der Waals surface area (Å²) in [5.41, 5.74) is -0.463. The number of aromatic nitrogens is 2. The summed E-state index contributed by atoms with van der Waals surface area (Å²) < 4.78 is 5.48. The fourth-order valence-corrected chi connectivity index (χ4v) is 3.30. The molecule has 2 saturated heterocycles. The second-order valence-electron chi connectivity index (χ2n) is 6.89. The number of halogens is 1. The second-order valence-corrected chi connectivity index (χ2v) is 7.28.